The van der Waals surface area contributed by atoms with Crippen LogP contribution in [0.25, 0.3) is 0 Å². The number of H-pyrrole nitrogens is 1. The second-order valence-electron chi connectivity index (χ2n) is 3.30. The molecule has 0 aliphatic heterocycles. The Balaban J connectivity index is 2.39. The number of aromatic nitrogens is 2. The maximum Gasteiger partial charge on any atom is 0.257 e. The largest absolute Gasteiger partial charge is 0.393 e. The molecule has 0 bridgehead atoms. The summed E-state index contributed by atoms with van der Waals surface area (Å²) in [5, 5.41) is 9.03. The highest BCUT2D eigenvalue weighted by Gasteiger charge is 2.14. The summed E-state index contributed by atoms with van der Waals surface area (Å²) < 4.78 is 25.4. The molecule has 0 fully saturated rings. The highest BCUT2D eigenvalue weighted by Crippen LogP contribution is 2.02. The first-order valence-electron chi connectivity index (χ1n) is 4.68. The molecule has 0 aliphatic rings. The van der Waals surface area contributed by atoms with Crippen molar-refractivity contribution in [1.82, 2.24) is 14.7 Å². The van der Waals surface area contributed by atoms with Crippen molar-refractivity contribution in [3.63, 3.8) is 0 Å². The zero-order valence-corrected chi connectivity index (χ0v) is 9.29. The molecule has 1 atom stereocenters. The first-order chi connectivity index (χ1) is 7.02. The maximum atomic E-state index is 11.5. The lowest BCUT2D eigenvalue weighted by molar-refractivity contribution is 0.182. The molecule has 0 amide bonds. The van der Waals surface area contributed by atoms with Gasteiger partial charge in [-0.2, -0.15) is 0 Å². The van der Waals surface area contributed by atoms with Crippen LogP contribution in [0.1, 0.15) is 19.8 Å². The van der Waals surface area contributed by atoms with E-state index in [1.165, 1.54) is 12.5 Å². The Labute approximate surface area is 88.8 Å². The van der Waals surface area contributed by atoms with Gasteiger partial charge in [-0.1, -0.05) is 0 Å². The predicted molar refractivity (Wildman–Crippen MR) is 54.7 cm³/mol. The highest BCUT2D eigenvalue weighted by atomic mass is 32.2. The molecule has 1 heterocycles. The lowest BCUT2D eigenvalue weighted by Crippen LogP contribution is -2.25. The van der Waals surface area contributed by atoms with Crippen LogP contribution in [0.2, 0.25) is 0 Å². The van der Waals surface area contributed by atoms with E-state index in [2.05, 4.69) is 14.7 Å². The maximum absolute atomic E-state index is 11.5. The standard InChI is InChI=1S/C8H15N3O3S/c1-7(12)3-2-4-11-15(13,14)8-5-9-6-10-8/h5-7,11-12H,2-4H2,1H3,(H,9,10). The van der Waals surface area contributed by atoms with E-state index in [0.29, 0.717) is 19.4 Å². The number of sulfonamides is 1. The monoisotopic (exact) mass is 233 g/mol. The van der Waals surface area contributed by atoms with Gasteiger partial charge < -0.3 is 10.1 Å². The number of aliphatic hydroxyl groups excluding tert-OH is 1. The van der Waals surface area contributed by atoms with Gasteiger partial charge >= 0.3 is 0 Å². The third-order valence-corrected chi connectivity index (χ3v) is 3.24. The molecule has 3 N–H and O–H groups in total. The lowest BCUT2D eigenvalue weighted by atomic mass is 10.2. The van der Waals surface area contributed by atoms with Crippen LogP contribution in [0.15, 0.2) is 17.6 Å². The fourth-order valence-corrected chi connectivity index (χ4v) is 2.05. The van der Waals surface area contributed by atoms with E-state index in [1.807, 2.05) is 0 Å². The van der Waals surface area contributed by atoms with Crippen molar-refractivity contribution < 1.29 is 13.5 Å². The van der Waals surface area contributed by atoms with E-state index in [4.69, 9.17) is 5.11 Å². The topological polar surface area (TPSA) is 95.1 Å². The van der Waals surface area contributed by atoms with Crippen LogP contribution < -0.4 is 4.72 Å². The second-order valence-corrected chi connectivity index (χ2v) is 5.04. The molecule has 0 radical (unpaired) electrons. The normalized spacial score (nSPS) is 14.0. The van der Waals surface area contributed by atoms with E-state index in [-0.39, 0.29) is 5.03 Å². The summed E-state index contributed by atoms with van der Waals surface area (Å²) in [5.74, 6) is 0. The minimum absolute atomic E-state index is 0.0551. The molecule has 0 aliphatic carbocycles. The zero-order valence-electron chi connectivity index (χ0n) is 8.47. The number of aromatic amines is 1. The van der Waals surface area contributed by atoms with Crippen molar-refractivity contribution in [3.05, 3.63) is 12.5 Å². The van der Waals surface area contributed by atoms with Gasteiger partial charge in [-0.15, -0.1) is 0 Å². The average Bonchev–Trinajstić information content (AvgIpc) is 2.65. The summed E-state index contributed by atoms with van der Waals surface area (Å²) in [6, 6.07) is 0. The molecule has 1 rings (SSSR count). The Bertz CT molecular complexity index is 372. The van der Waals surface area contributed by atoms with Gasteiger partial charge in [0.25, 0.3) is 10.0 Å². The van der Waals surface area contributed by atoms with Crippen molar-refractivity contribution >= 4 is 10.0 Å². The van der Waals surface area contributed by atoms with Crippen molar-refractivity contribution in [2.24, 2.45) is 0 Å². The van der Waals surface area contributed by atoms with Gasteiger partial charge in [-0.3, -0.25) is 0 Å². The minimum atomic E-state index is -3.46. The first-order valence-corrected chi connectivity index (χ1v) is 6.17. The van der Waals surface area contributed by atoms with Gasteiger partial charge in [0, 0.05) is 6.54 Å². The minimum Gasteiger partial charge on any atom is -0.393 e. The van der Waals surface area contributed by atoms with Gasteiger partial charge in [-0.05, 0) is 19.8 Å². The van der Waals surface area contributed by atoms with Crippen molar-refractivity contribution in [2.75, 3.05) is 6.54 Å². The van der Waals surface area contributed by atoms with E-state index < -0.39 is 16.1 Å². The number of nitrogens with one attached hydrogen (secondary N) is 2. The third kappa shape index (κ3) is 3.98. The van der Waals surface area contributed by atoms with Gasteiger partial charge in [0.1, 0.15) is 0 Å². The summed E-state index contributed by atoms with van der Waals surface area (Å²) in [7, 11) is -3.46. The molecule has 86 valence electrons. The van der Waals surface area contributed by atoms with Gasteiger partial charge in [0.2, 0.25) is 0 Å². The molecular weight excluding hydrogens is 218 g/mol. The Morgan fingerprint density at radius 2 is 2.40 bits per heavy atom. The quantitative estimate of drug-likeness (QED) is 0.595. The number of hydrogen-bond acceptors (Lipinski definition) is 4. The van der Waals surface area contributed by atoms with Crippen LogP contribution in [-0.4, -0.2) is 36.1 Å². The molecule has 0 spiro atoms. The molecule has 0 saturated carbocycles. The number of imidazole rings is 1. The van der Waals surface area contributed by atoms with Crippen molar-refractivity contribution in [2.45, 2.75) is 30.9 Å². The van der Waals surface area contributed by atoms with Gasteiger partial charge in [0.05, 0.1) is 18.6 Å². The highest BCUT2D eigenvalue weighted by molar-refractivity contribution is 7.89. The summed E-state index contributed by atoms with van der Waals surface area (Å²) in [6.07, 6.45) is 3.33. The molecule has 1 aromatic heterocycles. The number of aliphatic hydroxyl groups is 1. The Kier molecular flexibility index (Phi) is 4.25. The van der Waals surface area contributed by atoms with Crippen molar-refractivity contribution in [3.8, 4) is 0 Å². The summed E-state index contributed by atoms with van der Waals surface area (Å²) in [6.45, 7) is 1.98. The third-order valence-electron chi connectivity index (χ3n) is 1.85. The molecule has 7 heteroatoms. The SMILES string of the molecule is CC(O)CCCNS(=O)(=O)c1cnc[nH]1. The van der Waals surface area contributed by atoms with Crippen molar-refractivity contribution in [1.29, 1.82) is 0 Å². The molecule has 0 saturated heterocycles. The van der Waals surface area contributed by atoms with Crippen LogP contribution in [-0.2, 0) is 10.0 Å². The van der Waals surface area contributed by atoms with E-state index >= 15 is 0 Å². The number of rotatable bonds is 6. The second kappa shape index (κ2) is 5.24. The number of hydrogen-bond donors (Lipinski definition) is 3. The summed E-state index contributed by atoms with van der Waals surface area (Å²) in [4.78, 5) is 6.15. The lowest BCUT2D eigenvalue weighted by Gasteiger charge is -2.05. The molecule has 0 aromatic carbocycles. The Morgan fingerprint density at radius 3 is 2.93 bits per heavy atom. The van der Waals surface area contributed by atoms with Gasteiger partial charge in [0.15, 0.2) is 5.03 Å². The van der Waals surface area contributed by atoms with Crippen LogP contribution >= 0.6 is 0 Å². The zero-order chi connectivity index (χ0) is 11.3. The predicted octanol–water partition coefficient (Wildman–Crippen LogP) is -0.151. The Morgan fingerprint density at radius 1 is 1.67 bits per heavy atom. The fourth-order valence-electron chi connectivity index (χ4n) is 1.07. The van der Waals surface area contributed by atoms with E-state index in [0.717, 1.165) is 0 Å². The summed E-state index contributed by atoms with van der Waals surface area (Å²) >= 11 is 0. The molecular formula is C8H15N3O3S. The smallest absolute Gasteiger partial charge is 0.257 e. The fraction of sp³-hybridized carbons (Fsp3) is 0.625. The van der Waals surface area contributed by atoms with Crippen LogP contribution in [0, 0.1) is 0 Å². The molecule has 1 aromatic rings. The first kappa shape index (κ1) is 12.2. The van der Waals surface area contributed by atoms with E-state index in [9.17, 15) is 8.42 Å². The number of nitrogens with zero attached hydrogens (tertiary/aromatic N) is 1. The average molecular weight is 233 g/mol. The molecule has 6 nitrogen and oxygen atoms in total. The van der Waals surface area contributed by atoms with Gasteiger partial charge in [-0.25, -0.2) is 18.1 Å². The van der Waals surface area contributed by atoms with Crippen LogP contribution in [0.3, 0.4) is 0 Å². The molecule has 1 unspecified atom stereocenters. The van der Waals surface area contributed by atoms with E-state index in [1.54, 1.807) is 6.92 Å². The van der Waals surface area contributed by atoms with Crippen LogP contribution in [0.4, 0.5) is 0 Å². The molecule has 15 heavy (non-hydrogen) atoms. The summed E-state index contributed by atoms with van der Waals surface area (Å²) in [5.41, 5.74) is 0. The Hall–Kier alpha value is -0.920. The van der Waals surface area contributed by atoms with Crippen LogP contribution in [0.5, 0.6) is 0 Å².